The van der Waals surface area contributed by atoms with Gasteiger partial charge in [0, 0.05) is 12.5 Å². The standard InChI is InChI=1S/C19H31NO2/c1-4-22-19-10-14(3)13(2)9-17(19)18(11-20)16-7-5-15(12-21)6-8-16/h9-10,15-16,18,21H,4-8,11-12,20H2,1-3H3. The molecule has 1 atom stereocenters. The van der Waals surface area contributed by atoms with Crippen LogP contribution < -0.4 is 10.5 Å². The van der Waals surface area contributed by atoms with Crippen molar-refractivity contribution in [2.75, 3.05) is 19.8 Å². The Morgan fingerprint density at radius 3 is 2.36 bits per heavy atom. The van der Waals surface area contributed by atoms with Gasteiger partial charge in [-0.3, -0.25) is 0 Å². The molecule has 0 heterocycles. The Bertz CT molecular complexity index is 479. The average molecular weight is 305 g/mol. The fourth-order valence-corrected chi connectivity index (χ4v) is 3.73. The lowest BCUT2D eigenvalue weighted by atomic mass is 9.73. The smallest absolute Gasteiger partial charge is 0.123 e. The van der Waals surface area contributed by atoms with Crippen molar-refractivity contribution >= 4 is 0 Å². The van der Waals surface area contributed by atoms with Gasteiger partial charge in [0.05, 0.1) is 6.61 Å². The van der Waals surface area contributed by atoms with E-state index in [9.17, 15) is 5.11 Å². The number of rotatable bonds is 6. The van der Waals surface area contributed by atoms with Crippen LogP contribution in [0.4, 0.5) is 0 Å². The third-order valence-electron chi connectivity index (χ3n) is 5.30. The van der Waals surface area contributed by atoms with Crippen molar-refractivity contribution in [3.05, 3.63) is 28.8 Å². The molecule has 0 amide bonds. The van der Waals surface area contributed by atoms with E-state index in [2.05, 4.69) is 26.0 Å². The molecule has 1 aromatic carbocycles. The Morgan fingerprint density at radius 2 is 1.82 bits per heavy atom. The molecule has 0 spiro atoms. The molecule has 0 aliphatic heterocycles. The molecule has 0 radical (unpaired) electrons. The molecule has 3 nitrogen and oxygen atoms in total. The Morgan fingerprint density at radius 1 is 1.18 bits per heavy atom. The van der Waals surface area contributed by atoms with Gasteiger partial charge in [0.1, 0.15) is 5.75 Å². The first kappa shape index (κ1) is 17.3. The summed E-state index contributed by atoms with van der Waals surface area (Å²) in [7, 11) is 0. The van der Waals surface area contributed by atoms with E-state index in [-0.39, 0.29) is 0 Å². The van der Waals surface area contributed by atoms with E-state index in [0.717, 1.165) is 31.4 Å². The zero-order valence-electron chi connectivity index (χ0n) is 14.3. The van der Waals surface area contributed by atoms with Crippen molar-refractivity contribution in [2.45, 2.75) is 52.4 Å². The maximum atomic E-state index is 9.33. The van der Waals surface area contributed by atoms with Gasteiger partial charge in [-0.25, -0.2) is 0 Å². The lowest BCUT2D eigenvalue weighted by molar-refractivity contribution is 0.157. The van der Waals surface area contributed by atoms with Gasteiger partial charge in [0.15, 0.2) is 0 Å². The van der Waals surface area contributed by atoms with Crippen LogP contribution in [0.5, 0.6) is 5.75 Å². The first-order valence-corrected chi connectivity index (χ1v) is 8.65. The second kappa shape index (κ2) is 7.98. The second-order valence-electron chi connectivity index (χ2n) is 6.71. The highest BCUT2D eigenvalue weighted by molar-refractivity contribution is 5.44. The van der Waals surface area contributed by atoms with Gasteiger partial charge >= 0.3 is 0 Å². The Hall–Kier alpha value is -1.06. The third-order valence-corrected chi connectivity index (χ3v) is 5.30. The van der Waals surface area contributed by atoms with Crippen LogP contribution in [0, 0.1) is 25.7 Å². The molecule has 0 bridgehead atoms. The van der Waals surface area contributed by atoms with E-state index < -0.39 is 0 Å². The number of nitrogens with two attached hydrogens (primary N) is 1. The molecule has 22 heavy (non-hydrogen) atoms. The maximum absolute atomic E-state index is 9.33. The predicted molar refractivity (Wildman–Crippen MR) is 91.4 cm³/mol. The molecule has 3 heteroatoms. The van der Waals surface area contributed by atoms with Crippen molar-refractivity contribution in [3.63, 3.8) is 0 Å². The third kappa shape index (κ3) is 3.82. The number of aliphatic hydroxyl groups is 1. The summed E-state index contributed by atoms with van der Waals surface area (Å²) < 4.78 is 5.89. The van der Waals surface area contributed by atoms with Gasteiger partial charge < -0.3 is 15.6 Å². The van der Waals surface area contributed by atoms with Gasteiger partial charge in [0.25, 0.3) is 0 Å². The van der Waals surface area contributed by atoms with Crippen molar-refractivity contribution < 1.29 is 9.84 Å². The number of aliphatic hydroxyl groups excluding tert-OH is 1. The van der Waals surface area contributed by atoms with Crippen LogP contribution in [0.1, 0.15) is 55.2 Å². The van der Waals surface area contributed by atoms with E-state index in [0.29, 0.717) is 37.5 Å². The van der Waals surface area contributed by atoms with Crippen LogP contribution in [-0.2, 0) is 0 Å². The van der Waals surface area contributed by atoms with E-state index in [1.807, 2.05) is 6.92 Å². The van der Waals surface area contributed by atoms with Crippen LogP contribution in [0.2, 0.25) is 0 Å². The summed E-state index contributed by atoms with van der Waals surface area (Å²) >= 11 is 0. The molecule has 1 aliphatic carbocycles. The summed E-state index contributed by atoms with van der Waals surface area (Å²) in [5.74, 6) is 2.46. The number of ether oxygens (including phenoxy) is 1. The van der Waals surface area contributed by atoms with Crippen molar-refractivity contribution in [1.82, 2.24) is 0 Å². The average Bonchev–Trinajstić information content (AvgIpc) is 2.53. The normalized spacial score (nSPS) is 23.3. The first-order chi connectivity index (χ1) is 10.6. The lowest BCUT2D eigenvalue weighted by Crippen LogP contribution is -2.27. The van der Waals surface area contributed by atoms with Gasteiger partial charge in [0.2, 0.25) is 0 Å². The summed E-state index contributed by atoms with van der Waals surface area (Å²) in [6, 6.07) is 4.44. The van der Waals surface area contributed by atoms with Gasteiger partial charge in [-0.05, 0) is 87.6 Å². The highest BCUT2D eigenvalue weighted by Crippen LogP contribution is 2.41. The molecular weight excluding hydrogens is 274 g/mol. The first-order valence-electron chi connectivity index (χ1n) is 8.65. The summed E-state index contributed by atoms with van der Waals surface area (Å²) in [4.78, 5) is 0. The van der Waals surface area contributed by atoms with E-state index in [1.54, 1.807) is 0 Å². The van der Waals surface area contributed by atoms with Crippen molar-refractivity contribution in [1.29, 1.82) is 0 Å². The molecule has 1 aliphatic rings. The van der Waals surface area contributed by atoms with E-state index in [4.69, 9.17) is 10.5 Å². The molecular formula is C19H31NO2. The summed E-state index contributed by atoms with van der Waals surface area (Å²) in [6.45, 7) is 7.99. The van der Waals surface area contributed by atoms with Crippen LogP contribution in [0.25, 0.3) is 0 Å². The zero-order chi connectivity index (χ0) is 16.1. The molecule has 2 rings (SSSR count). The fraction of sp³-hybridized carbons (Fsp3) is 0.684. The predicted octanol–water partition coefficient (Wildman–Crippen LogP) is 3.54. The van der Waals surface area contributed by atoms with E-state index in [1.165, 1.54) is 16.7 Å². The highest BCUT2D eigenvalue weighted by atomic mass is 16.5. The fourth-order valence-electron chi connectivity index (χ4n) is 3.73. The van der Waals surface area contributed by atoms with Gasteiger partial charge in [-0.15, -0.1) is 0 Å². The molecule has 1 fully saturated rings. The van der Waals surface area contributed by atoms with E-state index >= 15 is 0 Å². The van der Waals surface area contributed by atoms with Gasteiger partial charge in [-0.1, -0.05) is 6.07 Å². The molecule has 1 saturated carbocycles. The molecule has 0 aromatic heterocycles. The Kier molecular flexibility index (Phi) is 6.27. The maximum Gasteiger partial charge on any atom is 0.123 e. The molecule has 0 saturated heterocycles. The number of hydrogen-bond acceptors (Lipinski definition) is 3. The molecule has 124 valence electrons. The van der Waals surface area contributed by atoms with Gasteiger partial charge in [-0.2, -0.15) is 0 Å². The molecule has 1 unspecified atom stereocenters. The Balaban J connectivity index is 2.25. The quantitative estimate of drug-likeness (QED) is 0.845. The zero-order valence-corrected chi connectivity index (χ0v) is 14.3. The topological polar surface area (TPSA) is 55.5 Å². The van der Waals surface area contributed by atoms with Crippen LogP contribution in [0.15, 0.2) is 12.1 Å². The minimum Gasteiger partial charge on any atom is -0.494 e. The van der Waals surface area contributed by atoms with Crippen LogP contribution in [0.3, 0.4) is 0 Å². The summed E-state index contributed by atoms with van der Waals surface area (Å²) in [5, 5.41) is 9.33. The lowest BCUT2D eigenvalue weighted by Gasteiger charge is -2.34. The monoisotopic (exact) mass is 305 g/mol. The highest BCUT2D eigenvalue weighted by Gasteiger charge is 2.29. The number of aryl methyl sites for hydroxylation is 2. The molecule has 1 aromatic rings. The largest absolute Gasteiger partial charge is 0.494 e. The number of benzene rings is 1. The minimum absolute atomic E-state index is 0.327. The minimum atomic E-state index is 0.327. The van der Waals surface area contributed by atoms with Crippen LogP contribution in [-0.4, -0.2) is 24.9 Å². The summed E-state index contributed by atoms with van der Waals surface area (Å²) in [6.07, 6.45) is 4.55. The van der Waals surface area contributed by atoms with Crippen molar-refractivity contribution in [2.24, 2.45) is 17.6 Å². The second-order valence-corrected chi connectivity index (χ2v) is 6.71. The Labute approximate surface area is 134 Å². The van der Waals surface area contributed by atoms with Crippen molar-refractivity contribution in [3.8, 4) is 5.75 Å². The number of hydrogen-bond donors (Lipinski definition) is 2. The molecule has 3 N–H and O–H groups in total. The van der Waals surface area contributed by atoms with Crippen LogP contribution >= 0.6 is 0 Å². The summed E-state index contributed by atoms with van der Waals surface area (Å²) in [5.41, 5.74) is 10.0. The SMILES string of the molecule is CCOc1cc(C)c(C)cc1C(CN)C1CCC(CO)CC1.